The molecule has 0 aliphatic heterocycles. The van der Waals surface area contributed by atoms with Crippen molar-refractivity contribution in [1.29, 1.82) is 0 Å². The predicted octanol–water partition coefficient (Wildman–Crippen LogP) is 4.70. The van der Waals surface area contributed by atoms with Gasteiger partial charge in [-0.25, -0.2) is 4.79 Å². The predicted molar refractivity (Wildman–Crippen MR) is 104 cm³/mol. The van der Waals surface area contributed by atoms with Crippen LogP contribution in [-0.4, -0.2) is 18.0 Å². The highest BCUT2D eigenvalue weighted by atomic mass is 35.5. The summed E-state index contributed by atoms with van der Waals surface area (Å²) in [6, 6.07) is 19.0. The van der Waals surface area contributed by atoms with E-state index < -0.39 is 18.0 Å². The highest BCUT2D eigenvalue weighted by molar-refractivity contribution is 6.30. The number of halogens is 1. The first-order chi connectivity index (χ1) is 13.5. The minimum atomic E-state index is -1.01. The standard InChI is InChI=1S/C21H18ClNO5/c1-14(20(24)23-16-7-5-6-15(22)12-16)27-21(25)19-11-10-18(28-19)13-26-17-8-3-2-4-9-17/h2-12,14H,13H2,1H3,(H,23,24). The summed E-state index contributed by atoms with van der Waals surface area (Å²) in [5.41, 5.74) is 0.513. The molecule has 1 atom stereocenters. The Morgan fingerprint density at radius 1 is 1.07 bits per heavy atom. The van der Waals surface area contributed by atoms with Crippen molar-refractivity contribution in [3.05, 3.63) is 83.3 Å². The Labute approximate surface area is 167 Å². The number of ether oxygens (including phenoxy) is 2. The van der Waals surface area contributed by atoms with Crippen LogP contribution in [0.4, 0.5) is 5.69 Å². The van der Waals surface area contributed by atoms with E-state index >= 15 is 0 Å². The van der Waals surface area contributed by atoms with Crippen molar-refractivity contribution in [3.63, 3.8) is 0 Å². The van der Waals surface area contributed by atoms with Gasteiger partial charge in [0.1, 0.15) is 18.1 Å². The van der Waals surface area contributed by atoms with Gasteiger partial charge in [0.2, 0.25) is 5.76 Å². The Kier molecular flexibility index (Phi) is 6.34. The summed E-state index contributed by atoms with van der Waals surface area (Å²) in [4.78, 5) is 24.4. The van der Waals surface area contributed by atoms with E-state index in [9.17, 15) is 9.59 Å². The topological polar surface area (TPSA) is 77.8 Å². The summed E-state index contributed by atoms with van der Waals surface area (Å²) in [5.74, 6) is -0.0650. The van der Waals surface area contributed by atoms with Crippen LogP contribution >= 0.6 is 11.6 Å². The molecule has 0 aliphatic carbocycles. The van der Waals surface area contributed by atoms with Crippen molar-refractivity contribution < 1.29 is 23.5 Å². The SMILES string of the molecule is CC(OC(=O)c1ccc(COc2ccccc2)o1)C(=O)Nc1cccc(Cl)c1. The first-order valence-corrected chi connectivity index (χ1v) is 8.93. The fourth-order valence-corrected chi connectivity index (χ4v) is 2.51. The van der Waals surface area contributed by atoms with Gasteiger partial charge in [-0.05, 0) is 49.4 Å². The number of hydrogen-bond acceptors (Lipinski definition) is 5. The average Bonchev–Trinajstić information content (AvgIpc) is 3.16. The van der Waals surface area contributed by atoms with E-state index in [1.165, 1.54) is 13.0 Å². The Bertz CT molecular complexity index is 954. The third kappa shape index (κ3) is 5.37. The van der Waals surface area contributed by atoms with Gasteiger partial charge >= 0.3 is 5.97 Å². The minimum absolute atomic E-state index is 0.00549. The van der Waals surface area contributed by atoms with E-state index in [1.54, 1.807) is 30.3 Å². The molecule has 1 N–H and O–H groups in total. The number of hydrogen-bond donors (Lipinski definition) is 1. The van der Waals surface area contributed by atoms with E-state index in [4.69, 9.17) is 25.5 Å². The summed E-state index contributed by atoms with van der Waals surface area (Å²) in [6.07, 6.45) is -1.01. The molecule has 3 aromatic rings. The zero-order valence-corrected chi connectivity index (χ0v) is 15.8. The molecule has 1 unspecified atom stereocenters. The number of carbonyl (C=O) groups is 2. The summed E-state index contributed by atoms with van der Waals surface area (Å²) >= 11 is 5.88. The maximum Gasteiger partial charge on any atom is 0.375 e. The Morgan fingerprint density at radius 2 is 1.86 bits per heavy atom. The molecule has 0 saturated heterocycles. The summed E-state index contributed by atoms with van der Waals surface area (Å²) < 4.78 is 16.2. The fourth-order valence-electron chi connectivity index (χ4n) is 2.32. The van der Waals surface area contributed by atoms with Gasteiger partial charge in [0.05, 0.1) is 0 Å². The maximum atomic E-state index is 12.2. The lowest BCUT2D eigenvalue weighted by molar-refractivity contribution is -0.123. The molecule has 7 heteroatoms. The molecule has 1 aromatic heterocycles. The van der Waals surface area contributed by atoms with Crippen molar-refractivity contribution in [2.45, 2.75) is 19.6 Å². The number of anilines is 1. The first kappa shape index (κ1) is 19.5. The highest BCUT2D eigenvalue weighted by Gasteiger charge is 2.21. The molecule has 2 aromatic carbocycles. The number of rotatable bonds is 7. The second kappa shape index (κ2) is 9.10. The molecule has 28 heavy (non-hydrogen) atoms. The van der Waals surface area contributed by atoms with Crippen LogP contribution in [0.3, 0.4) is 0 Å². The number of para-hydroxylation sites is 1. The highest BCUT2D eigenvalue weighted by Crippen LogP contribution is 2.17. The number of furan rings is 1. The monoisotopic (exact) mass is 399 g/mol. The molecule has 0 fully saturated rings. The number of nitrogens with one attached hydrogen (secondary N) is 1. The number of esters is 1. The zero-order valence-electron chi connectivity index (χ0n) is 15.1. The maximum absolute atomic E-state index is 12.2. The molecule has 0 saturated carbocycles. The fraction of sp³-hybridized carbons (Fsp3) is 0.143. The van der Waals surface area contributed by atoms with Gasteiger partial charge in [-0.15, -0.1) is 0 Å². The smallest absolute Gasteiger partial charge is 0.375 e. The van der Waals surface area contributed by atoms with Crippen LogP contribution in [0.2, 0.25) is 5.02 Å². The van der Waals surface area contributed by atoms with Gasteiger partial charge in [-0.2, -0.15) is 0 Å². The van der Waals surface area contributed by atoms with E-state index in [-0.39, 0.29) is 12.4 Å². The molecule has 1 heterocycles. The van der Waals surface area contributed by atoms with E-state index in [0.717, 1.165) is 0 Å². The molecule has 6 nitrogen and oxygen atoms in total. The van der Waals surface area contributed by atoms with Gasteiger partial charge in [0.15, 0.2) is 6.10 Å². The van der Waals surface area contributed by atoms with Crippen LogP contribution in [0.5, 0.6) is 5.75 Å². The molecule has 144 valence electrons. The van der Waals surface area contributed by atoms with Crippen LogP contribution in [-0.2, 0) is 16.1 Å². The third-order valence-electron chi connectivity index (χ3n) is 3.73. The van der Waals surface area contributed by atoms with Gasteiger partial charge in [-0.1, -0.05) is 35.9 Å². The molecule has 0 aliphatic rings. The molecule has 0 spiro atoms. The van der Waals surface area contributed by atoms with Gasteiger partial charge in [-0.3, -0.25) is 4.79 Å². The van der Waals surface area contributed by atoms with Crippen molar-refractivity contribution in [2.75, 3.05) is 5.32 Å². The summed E-state index contributed by atoms with van der Waals surface area (Å²) in [7, 11) is 0. The van der Waals surface area contributed by atoms with E-state index in [1.807, 2.05) is 30.3 Å². The molecular weight excluding hydrogens is 382 g/mol. The lowest BCUT2D eigenvalue weighted by Gasteiger charge is -2.12. The van der Waals surface area contributed by atoms with Crippen molar-refractivity contribution in [1.82, 2.24) is 0 Å². The lowest BCUT2D eigenvalue weighted by Crippen LogP contribution is -2.29. The quantitative estimate of drug-likeness (QED) is 0.583. The zero-order chi connectivity index (χ0) is 19.9. The first-order valence-electron chi connectivity index (χ1n) is 8.55. The third-order valence-corrected chi connectivity index (χ3v) is 3.97. The van der Waals surface area contributed by atoms with Gasteiger partial charge in [0, 0.05) is 10.7 Å². The number of carbonyl (C=O) groups excluding carboxylic acids is 2. The lowest BCUT2D eigenvalue weighted by atomic mass is 10.3. The van der Waals surface area contributed by atoms with Crippen LogP contribution < -0.4 is 10.1 Å². The molecule has 0 bridgehead atoms. The normalized spacial score (nSPS) is 11.5. The number of benzene rings is 2. The van der Waals surface area contributed by atoms with Crippen molar-refractivity contribution >= 4 is 29.2 Å². The van der Waals surface area contributed by atoms with Gasteiger partial charge in [0.25, 0.3) is 5.91 Å². The number of amides is 1. The summed E-state index contributed by atoms with van der Waals surface area (Å²) in [5, 5.41) is 3.12. The molecule has 0 radical (unpaired) electrons. The van der Waals surface area contributed by atoms with Crippen LogP contribution in [0.15, 0.2) is 71.1 Å². The second-order valence-electron chi connectivity index (χ2n) is 5.91. The molecular formula is C21H18ClNO5. The largest absolute Gasteiger partial charge is 0.486 e. The average molecular weight is 400 g/mol. The Morgan fingerprint density at radius 3 is 2.61 bits per heavy atom. The molecule has 1 amide bonds. The minimum Gasteiger partial charge on any atom is -0.486 e. The van der Waals surface area contributed by atoms with Crippen molar-refractivity contribution in [3.8, 4) is 5.75 Å². The second-order valence-corrected chi connectivity index (χ2v) is 6.35. The summed E-state index contributed by atoms with van der Waals surface area (Å²) in [6.45, 7) is 1.64. The Hall–Kier alpha value is -3.25. The van der Waals surface area contributed by atoms with Crippen molar-refractivity contribution in [2.24, 2.45) is 0 Å². The van der Waals surface area contributed by atoms with Crippen LogP contribution in [0, 0.1) is 0 Å². The Balaban J connectivity index is 1.52. The van der Waals surface area contributed by atoms with Gasteiger partial charge < -0.3 is 19.2 Å². The van der Waals surface area contributed by atoms with Crippen LogP contribution in [0.25, 0.3) is 0 Å². The van der Waals surface area contributed by atoms with E-state index in [2.05, 4.69) is 5.32 Å². The van der Waals surface area contributed by atoms with Crippen LogP contribution in [0.1, 0.15) is 23.2 Å². The van der Waals surface area contributed by atoms with E-state index in [0.29, 0.717) is 22.2 Å². The molecule has 3 rings (SSSR count).